The molecule has 0 saturated carbocycles. The van der Waals surface area contributed by atoms with Crippen LogP contribution in [0.25, 0.3) is 0 Å². The highest BCUT2D eigenvalue weighted by Gasteiger charge is 2.35. The van der Waals surface area contributed by atoms with Crippen LogP contribution in [-0.4, -0.2) is 47.5 Å². The van der Waals surface area contributed by atoms with E-state index in [1.807, 2.05) is 0 Å². The first-order chi connectivity index (χ1) is 15.6. The maximum atomic E-state index is 13.4. The number of benzene rings is 1. The van der Waals surface area contributed by atoms with Gasteiger partial charge in [0, 0.05) is 18.7 Å². The van der Waals surface area contributed by atoms with Gasteiger partial charge in [-0.25, -0.2) is 4.79 Å². The molecule has 1 rings (SSSR count). The molecule has 180 valence electrons. The Morgan fingerprint density at radius 3 is 2.48 bits per heavy atom. The fourth-order valence-electron chi connectivity index (χ4n) is 3.26. The molecule has 0 heterocycles. The monoisotopic (exact) mass is 455 g/mol. The number of carbonyl (C=O) groups is 3. The van der Waals surface area contributed by atoms with Crippen molar-refractivity contribution in [3.05, 3.63) is 48.0 Å². The second-order valence-electron chi connectivity index (χ2n) is 8.78. The molecule has 0 fully saturated rings. The van der Waals surface area contributed by atoms with E-state index in [0.29, 0.717) is 17.7 Å². The minimum Gasteiger partial charge on any atom is -0.444 e. The molecule has 2 N–H and O–H groups in total. The molecule has 0 saturated heterocycles. The van der Waals surface area contributed by atoms with Gasteiger partial charge in [0.25, 0.3) is 0 Å². The van der Waals surface area contributed by atoms with Gasteiger partial charge in [-0.3, -0.25) is 9.59 Å². The summed E-state index contributed by atoms with van der Waals surface area (Å²) in [5.41, 5.74) is 0.341. The van der Waals surface area contributed by atoms with Crippen molar-refractivity contribution >= 4 is 17.9 Å². The minimum absolute atomic E-state index is 0.0884. The first-order valence-electron chi connectivity index (χ1n) is 11.3. The number of ether oxygens (including phenoxy) is 1. The van der Waals surface area contributed by atoms with E-state index in [2.05, 4.69) is 30.1 Å². The Morgan fingerprint density at radius 1 is 1.24 bits per heavy atom. The first-order valence-corrected chi connectivity index (χ1v) is 11.3. The standard InChI is InChI=1S/C26H37N3O4/c1-8-11-14-17-27-23(30)22(21-16-13-12-15-20(21)10-3)29(18-9-2)24(31)19(4)28-25(32)33-26(5,6)7/h3,9,12-13,15-16,19,22H,2,8,11,14,17-18H2,1,4-7H3,(H,27,30)(H,28,32). The van der Waals surface area contributed by atoms with E-state index in [1.165, 1.54) is 11.0 Å². The van der Waals surface area contributed by atoms with Crippen molar-refractivity contribution < 1.29 is 19.1 Å². The summed E-state index contributed by atoms with van der Waals surface area (Å²) in [6.07, 6.45) is 9.34. The SMILES string of the molecule is C#Cc1ccccc1C(C(=O)NCCCCC)N(CC=C)C(=O)C(C)NC(=O)OC(C)(C)C. The number of hydrogen-bond acceptors (Lipinski definition) is 4. The highest BCUT2D eigenvalue weighted by Crippen LogP contribution is 2.25. The number of terminal acetylenes is 1. The fourth-order valence-corrected chi connectivity index (χ4v) is 3.26. The fraction of sp³-hybridized carbons (Fsp3) is 0.500. The Balaban J connectivity index is 3.27. The van der Waals surface area contributed by atoms with Gasteiger partial charge in [0.1, 0.15) is 17.7 Å². The summed E-state index contributed by atoms with van der Waals surface area (Å²) in [5.74, 6) is 1.80. The Hall–Kier alpha value is -3.27. The third kappa shape index (κ3) is 9.01. The molecule has 1 aromatic rings. The largest absolute Gasteiger partial charge is 0.444 e. The maximum absolute atomic E-state index is 13.4. The zero-order valence-corrected chi connectivity index (χ0v) is 20.4. The van der Waals surface area contributed by atoms with Gasteiger partial charge in [-0.05, 0) is 45.7 Å². The van der Waals surface area contributed by atoms with Crippen LogP contribution in [0.1, 0.15) is 71.0 Å². The third-order valence-electron chi connectivity index (χ3n) is 4.76. The second kappa shape index (κ2) is 13.3. The molecule has 0 spiro atoms. The molecule has 33 heavy (non-hydrogen) atoms. The Morgan fingerprint density at radius 2 is 1.91 bits per heavy atom. The lowest BCUT2D eigenvalue weighted by Gasteiger charge is -2.33. The van der Waals surface area contributed by atoms with Gasteiger partial charge in [-0.2, -0.15) is 0 Å². The van der Waals surface area contributed by atoms with E-state index in [1.54, 1.807) is 52.0 Å². The zero-order valence-electron chi connectivity index (χ0n) is 20.4. The van der Waals surface area contributed by atoms with Gasteiger partial charge < -0.3 is 20.3 Å². The lowest BCUT2D eigenvalue weighted by molar-refractivity contribution is -0.141. The van der Waals surface area contributed by atoms with Crippen molar-refractivity contribution in [3.63, 3.8) is 0 Å². The molecule has 0 radical (unpaired) electrons. The van der Waals surface area contributed by atoms with Crippen LogP contribution >= 0.6 is 0 Å². The Labute approximate surface area is 197 Å². The molecule has 1 aromatic carbocycles. The molecule has 7 nitrogen and oxygen atoms in total. The van der Waals surface area contributed by atoms with Crippen LogP contribution in [0.15, 0.2) is 36.9 Å². The van der Waals surface area contributed by atoms with E-state index >= 15 is 0 Å². The molecular weight excluding hydrogens is 418 g/mol. The second-order valence-corrected chi connectivity index (χ2v) is 8.78. The van der Waals surface area contributed by atoms with Crippen molar-refractivity contribution in [2.24, 2.45) is 0 Å². The average molecular weight is 456 g/mol. The van der Waals surface area contributed by atoms with E-state index < -0.39 is 29.7 Å². The normalized spacial score (nSPS) is 12.6. The Kier molecular flexibility index (Phi) is 11.2. The van der Waals surface area contributed by atoms with Crippen molar-refractivity contribution in [1.29, 1.82) is 0 Å². The van der Waals surface area contributed by atoms with E-state index in [4.69, 9.17) is 11.2 Å². The van der Waals surface area contributed by atoms with Gasteiger partial charge in [0.15, 0.2) is 0 Å². The summed E-state index contributed by atoms with van der Waals surface area (Å²) < 4.78 is 5.26. The number of rotatable bonds is 11. The van der Waals surface area contributed by atoms with Gasteiger partial charge in [0.05, 0.1) is 0 Å². The van der Waals surface area contributed by atoms with Crippen molar-refractivity contribution in [3.8, 4) is 12.3 Å². The minimum atomic E-state index is -0.979. The molecule has 3 amide bonds. The van der Waals surface area contributed by atoms with Crippen LogP contribution in [0.5, 0.6) is 0 Å². The summed E-state index contributed by atoms with van der Waals surface area (Å²) >= 11 is 0. The van der Waals surface area contributed by atoms with Crippen LogP contribution < -0.4 is 10.6 Å². The van der Waals surface area contributed by atoms with Crippen LogP contribution in [0.2, 0.25) is 0 Å². The summed E-state index contributed by atoms with van der Waals surface area (Å²) in [5, 5.41) is 5.47. The van der Waals surface area contributed by atoms with Gasteiger partial charge in [0.2, 0.25) is 11.8 Å². The predicted octanol–water partition coefficient (Wildman–Crippen LogP) is 3.94. The summed E-state index contributed by atoms with van der Waals surface area (Å²) in [6.45, 7) is 13.1. The van der Waals surface area contributed by atoms with Crippen LogP contribution in [0.4, 0.5) is 4.79 Å². The summed E-state index contributed by atoms with van der Waals surface area (Å²) in [7, 11) is 0. The van der Waals surface area contributed by atoms with Gasteiger partial charge >= 0.3 is 6.09 Å². The van der Waals surface area contributed by atoms with Gasteiger partial charge in [-0.1, -0.05) is 50.0 Å². The number of unbranched alkanes of at least 4 members (excludes halogenated alkanes) is 2. The highest BCUT2D eigenvalue weighted by molar-refractivity contribution is 5.92. The molecule has 0 bridgehead atoms. The maximum Gasteiger partial charge on any atom is 0.408 e. The third-order valence-corrected chi connectivity index (χ3v) is 4.76. The Bertz CT molecular complexity index is 867. The number of carbonyl (C=O) groups excluding carboxylic acids is 3. The first kappa shape index (κ1) is 27.8. The average Bonchev–Trinajstić information content (AvgIpc) is 2.74. The molecule has 0 aromatic heterocycles. The van der Waals surface area contributed by atoms with E-state index in [-0.39, 0.29) is 12.5 Å². The topological polar surface area (TPSA) is 87.7 Å². The van der Waals surface area contributed by atoms with Crippen molar-refractivity contribution in [2.45, 2.75) is 71.6 Å². The number of amides is 3. The van der Waals surface area contributed by atoms with E-state index in [0.717, 1.165) is 19.3 Å². The lowest BCUT2D eigenvalue weighted by Crippen LogP contribution is -2.52. The summed E-state index contributed by atoms with van der Waals surface area (Å²) in [4.78, 5) is 40.3. The van der Waals surface area contributed by atoms with Crippen LogP contribution in [-0.2, 0) is 14.3 Å². The number of hydrogen-bond donors (Lipinski definition) is 2. The molecule has 0 aliphatic heterocycles. The molecule has 2 atom stereocenters. The zero-order chi connectivity index (χ0) is 25.0. The van der Waals surface area contributed by atoms with Crippen molar-refractivity contribution in [2.75, 3.05) is 13.1 Å². The smallest absolute Gasteiger partial charge is 0.408 e. The van der Waals surface area contributed by atoms with Gasteiger partial charge in [-0.15, -0.1) is 13.0 Å². The lowest BCUT2D eigenvalue weighted by atomic mass is 9.97. The molecule has 0 aliphatic carbocycles. The predicted molar refractivity (Wildman–Crippen MR) is 130 cm³/mol. The molecule has 0 aliphatic rings. The molecule has 7 heteroatoms. The summed E-state index contributed by atoms with van der Waals surface area (Å²) in [6, 6.07) is 5.10. The number of nitrogens with one attached hydrogen (secondary N) is 2. The van der Waals surface area contributed by atoms with E-state index in [9.17, 15) is 14.4 Å². The molecular formula is C26H37N3O4. The number of nitrogens with zero attached hydrogens (tertiary/aromatic N) is 1. The molecule has 2 unspecified atom stereocenters. The number of alkyl carbamates (subject to hydrolysis) is 1. The highest BCUT2D eigenvalue weighted by atomic mass is 16.6. The van der Waals surface area contributed by atoms with Crippen molar-refractivity contribution in [1.82, 2.24) is 15.5 Å². The quantitative estimate of drug-likeness (QED) is 0.301. The van der Waals surface area contributed by atoms with Crippen LogP contribution in [0.3, 0.4) is 0 Å². The van der Waals surface area contributed by atoms with Crippen LogP contribution in [0, 0.1) is 12.3 Å².